The maximum Gasteiger partial charge on any atom is 0.287 e. The fourth-order valence-corrected chi connectivity index (χ4v) is 3.09. The average molecular weight is 394 g/mol. The second-order valence-corrected chi connectivity index (χ2v) is 6.63. The summed E-state index contributed by atoms with van der Waals surface area (Å²) < 4.78 is 6.91. The van der Waals surface area contributed by atoms with E-state index in [0.717, 1.165) is 11.0 Å². The molecule has 2 aromatic carbocycles. The molecule has 0 saturated heterocycles. The van der Waals surface area contributed by atoms with Crippen LogP contribution in [0.2, 0.25) is 5.02 Å². The van der Waals surface area contributed by atoms with Gasteiger partial charge in [0.15, 0.2) is 11.5 Å². The third-order valence-electron chi connectivity index (χ3n) is 4.35. The summed E-state index contributed by atoms with van der Waals surface area (Å²) in [6.07, 6.45) is 1.44. The second kappa shape index (κ2) is 7.70. The van der Waals surface area contributed by atoms with Crippen LogP contribution in [0.15, 0.2) is 71.3 Å². The normalized spacial score (nSPS) is 10.9. The van der Waals surface area contributed by atoms with Crippen molar-refractivity contribution < 1.29 is 14.0 Å². The van der Waals surface area contributed by atoms with E-state index in [0.29, 0.717) is 16.4 Å². The summed E-state index contributed by atoms with van der Waals surface area (Å²) in [5, 5.41) is 3.35. The third kappa shape index (κ3) is 3.68. The predicted molar refractivity (Wildman–Crippen MR) is 105 cm³/mol. The number of nitrogens with zero attached hydrogens (tertiary/aromatic N) is 2. The summed E-state index contributed by atoms with van der Waals surface area (Å²) in [6, 6.07) is 17.5. The molecule has 6 nitrogen and oxygen atoms in total. The van der Waals surface area contributed by atoms with Crippen LogP contribution in [0.3, 0.4) is 0 Å². The highest BCUT2D eigenvalue weighted by Crippen LogP contribution is 2.18. The van der Waals surface area contributed by atoms with E-state index < -0.39 is 0 Å². The number of carbonyl (C=O) groups excluding carboxylic acids is 2. The smallest absolute Gasteiger partial charge is 0.287 e. The molecule has 0 unspecified atom stereocenters. The van der Waals surface area contributed by atoms with E-state index in [1.807, 2.05) is 28.8 Å². The van der Waals surface area contributed by atoms with Gasteiger partial charge in [-0.1, -0.05) is 23.7 Å². The number of halogens is 1. The van der Waals surface area contributed by atoms with Gasteiger partial charge in [0.05, 0.1) is 30.4 Å². The Labute approximate surface area is 165 Å². The first kappa shape index (κ1) is 18.0. The van der Waals surface area contributed by atoms with E-state index in [1.165, 1.54) is 6.26 Å². The molecule has 0 bridgehead atoms. The van der Waals surface area contributed by atoms with Crippen LogP contribution in [0, 0.1) is 0 Å². The molecule has 1 N–H and O–H groups in total. The lowest BCUT2D eigenvalue weighted by atomic mass is 10.1. The Kier molecular flexibility index (Phi) is 4.95. The van der Waals surface area contributed by atoms with E-state index in [2.05, 4.69) is 10.3 Å². The van der Waals surface area contributed by atoms with Crippen LogP contribution in [-0.2, 0) is 13.1 Å². The van der Waals surface area contributed by atoms with Crippen molar-refractivity contribution in [2.45, 2.75) is 13.1 Å². The number of benzene rings is 2. The molecule has 4 aromatic rings. The van der Waals surface area contributed by atoms with E-state index >= 15 is 0 Å². The van der Waals surface area contributed by atoms with Gasteiger partial charge in [0.1, 0.15) is 5.82 Å². The van der Waals surface area contributed by atoms with Crippen LogP contribution in [0.25, 0.3) is 11.0 Å². The Bertz CT molecular complexity index is 1130. The van der Waals surface area contributed by atoms with Gasteiger partial charge in [0, 0.05) is 10.6 Å². The zero-order valence-corrected chi connectivity index (χ0v) is 15.5. The van der Waals surface area contributed by atoms with Gasteiger partial charge in [-0.15, -0.1) is 0 Å². The molecule has 0 radical (unpaired) electrons. The minimum Gasteiger partial charge on any atom is -0.459 e. The zero-order valence-electron chi connectivity index (χ0n) is 14.8. The molecular formula is C21H16ClN3O3. The summed E-state index contributed by atoms with van der Waals surface area (Å²) in [6.45, 7) is 0.274. The number of carbonyl (C=O) groups is 2. The molecule has 0 aliphatic heterocycles. The number of hydrogen-bond acceptors (Lipinski definition) is 4. The van der Waals surface area contributed by atoms with Crippen molar-refractivity contribution >= 4 is 34.3 Å². The van der Waals surface area contributed by atoms with E-state index in [1.54, 1.807) is 36.4 Å². The highest BCUT2D eigenvalue weighted by atomic mass is 35.5. The van der Waals surface area contributed by atoms with E-state index in [9.17, 15) is 9.59 Å². The van der Waals surface area contributed by atoms with Crippen LogP contribution >= 0.6 is 11.6 Å². The topological polar surface area (TPSA) is 77.1 Å². The van der Waals surface area contributed by atoms with Crippen molar-refractivity contribution in [2.24, 2.45) is 0 Å². The quantitative estimate of drug-likeness (QED) is 0.500. The first-order valence-corrected chi connectivity index (χ1v) is 9.04. The lowest BCUT2D eigenvalue weighted by molar-refractivity contribution is 0.0922. The molecule has 0 saturated carbocycles. The molecule has 28 heavy (non-hydrogen) atoms. The van der Waals surface area contributed by atoms with Gasteiger partial charge in [-0.2, -0.15) is 0 Å². The Morgan fingerprint density at radius 1 is 1.04 bits per heavy atom. The molecule has 0 fully saturated rings. The Morgan fingerprint density at radius 2 is 1.82 bits per heavy atom. The molecular weight excluding hydrogens is 378 g/mol. The summed E-state index contributed by atoms with van der Waals surface area (Å²) in [4.78, 5) is 29.5. The van der Waals surface area contributed by atoms with Gasteiger partial charge in [-0.3, -0.25) is 9.59 Å². The number of nitrogens with one attached hydrogen (secondary N) is 1. The minimum absolute atomic E-state index is 0.0709. The van der Waals surface area contributed by atoms with Crippen molar-refractivity contribution in [3.8, 4) is 0 Å². The average Bonchev–Trinajstić information content (AvgIpc) is 3.35. The number of furan rings is 1. The summed E-state index contributed by atoms with van der Waals surface area (Å²) >= 11 is 5.90. The van der Waals surface area contributed by atoms with Crippen molar-refractivity contribution in [3.05, 3.63) is 89.1 Å². The SMILES string of the molecule is O=C(Cn1c(CNC(=O)c2ccco2)nc2ccccc21)c1ccc(Cl)cc1. The number of ketones is 1. The molecule has 2 heterocycles. The number of fused-ring (bicyclic) bond motifs is 1. The first-order valence-electron chi connectivity index (χ1n) is 8.66. The van der Waals surface area contributed by atoms with E-state index in [4.69, 9.17) is 16.0 Å². The fraction of sp³-hybridized carbons (Fsp3) is 0.0952. The molecule has 4 rings (SSSR count). The first-order chi connectivity index (χ1) is 13.6. The number of amides is 1. The molecule has 1 amide bonds. The molecule has 140 valence electrons. The van der Waals surface area contributed by atoms with Crippen LogP contribution in [-0.4, -0.2) is 21.2 Å². The number of hydrogen-bond donors (Lipinski definition) is 1. The summed E-state index contributed by atoms with van der Waals surface area (Å²) in [5.41, 5.74) is 2.15. The zero-order chi connectivity index (χ0) is 19.5. The third-order valence-corrected chi connectivity index (χ3v) is 4.61. The number of aromatic nitrogens is 2. The Balaban J connectivity index is 1.60. The van der Waals surface area contributed by atoms with Crippen molar-refractivity contribution in [1.82, 2.24) is 14.9 Å². The summed E-state index contributed by atoms with van der Waals surface area (Å²) in [5.74, 6) is 0.398. The van der Waals surface area contributed by atoms with Gasteiger partial charge in [0.2, 0.25) is 0 Å². The summed E-state index contributed by atoms with van der Waals surface area (Å²) in [7, 11) is 0. The molecule has 0 atom stereocenters. The van der Waals surface area contributed by atoms with Crippen molar-refractivity contribution in [1.29, 1.82) is 0 Å². The Morgan fingerprint density at radius 3 is 2.57 bits per heavy atom. The number of Topliss-reactive ketones (excluding diaryl/α,β-unsaturated/α-hetero) is 1. The molecule has 0 spiro atoms. The number of imidazole rings is 1. The standard InChI is InChI=1S/C21H16ClN3O3/c22-15-9-7-14(8-10-15)18(26)13-25-17-5-2-1-4-16(17)24-20(25)12-23-21(27)19-6-3-11-28-19/h1-11H,12-13H2,(H,23,27). The lowest BCUT2D eigenvalue weighted by Crippen LogP contribution is -2.25. The van der Waals surface area contributed by atoms with Crippen LogP contribution in [0.1, 0.15) is 26.7 Å². The van der Waals surface area contributed by atoms with Crippen LogP contribution in [0.4, 0.5) is 0 Å². The predicted octanol–water partition coefficient (Wildman–Crippen LogP) is 4.10. The van der Waals surface area contributed by atoms with Crippen molar-refractivity contribution in [3.63, 3.8) is 0 Å². The van der Waals surface area contributed by atoms with Gasteiger partial charge in [0.25, 0.3) is 5.91 Å². The maximum atomic E-state index is 12.8. The van der Waals surface area contributed by atoms with Gasteiger partial charge in [-0.05, 0) is 48.5 Å². The molecule has 0 aliphatic carbocycles. The van der Waals surface area contributed by atoms with Crippen LogP contribution < -0.4 is 5.32 Å². The number of rotatable bonds is 6. The molecule has 7 heteroatoms. The highest BCUT2D eigenvalue weighted by molar-refractivity contribution is 6.30. The van der Waals surface area contributed by atoms with Crippen molar-refractivity contribution in [2.75, 3.05) is 0 Å². The van der Waals surface area contributed by atoms with Gasteiger partial charge in [-0.25, -0.2) is 4.98 Å². The van der Waals surface area contributed by atoms with Crippen LogP contribution in [0.5, 0.6) is 0 Å². The highest BCUT2D eigenvalue weighted by Gasteiger charge is 2.16. The maximum absolute atomic E-state index is 12.8. The largest absolute Gasteiger partial charge is 0.459 e. The minimum atomic E-state index is -0.340. The Hall–Kier alpha value is -3.38. The number of para-hydroxylation sites is 2. The molecule has 0 aliphatic rings. The second-order valence-electron chi connectivity index (χ2n) is 6.19. The monoisotopic (exact) mass is 393 g/mol. The molecule has 2 aromatic heterocycles. The fourth-order valence-electron chi connectivity index (χ4n) is 2.96. The van der Waals surface area contributed by atoms with Gasteiger partial charge < -0.3 is 14.3 Å². The lowest BCUT2D eigenvalue weighted by Gasteiger charge is -2.09. The van der Waals surface area contributed by atoms with E-state index in [-0.39, 0.29) is 30.5 Å². The van der Waals surface area contributed by atoms with Gasteiger partial charge >= 0.3 is 0 Å².